The smallest absolute Gasteiger partial charge is 0.421 e. The van der Waals surface area contributed by atoms with Gasteiger partial charge in [-0.05, 0) is 66.6 Å². The van der Waals surface area contributed by atoms with Crippen LogP contribution in [-0.4, -0.2) is 16.6 Å². The van der Waals surface area contributed by atoms with Gasteiger partial charge in [0.05, 0.1) is 6.61 Å². The maximum absolute atomic E-state index is 13.6. The Morgan fingerprint density at radius 2 is 1.56 bits per heavy atom. The molecule has 1 fully saturated rings. The molecule has 0 atom stereocenters. The van der Waals surface area contributed by atoms with Crippen LogP contribution in [0.15, 0.2) is 54.7 Å². The molecule has 3 aromatic rings. The highest BCUT2D eigenvalue weighted by Gasteiger charge is 2.35. The number of ether oxygens (including phenoxy) is 1. The first kappa shape index (κ1) is 23.9. The topological polar surface area (TPSA) is 59.1 Å². The molecular weight excluding hydrogens is 441 g/mol. The number of anilines is 4. The SMILES string of the molecule is CC(C)COc1ccc(Nc2nc(Nc3ccc(C4CCCC4)cc3)ncc2C(F)(F)F)cc1. The number of nitrogens with one attached hydrogen (secondary N) is 2. The third kappa shape index (κ3) is 6.18. The van der Waals surface area contributed by atoms with Crippen LogP contribution >= 0.6 is 0 Å². The van der Waals surface area contributed by atoms with Crippen LogP contribution < -0.4 is 15.4 Å². The van der Waals surface area contributed by atoms with Crippen molar-refractivity contribution < 1.29 is 17.9 Å². The molecule has 5 nitrogen and oxygen atoms in total. The first-order valence-corrected chi connectivity index (χ1v) is 11.6. The van der Waals surface area contributed by atoms with E-state index in [0.717, 1.165) is 11.9 Å². The summed E-state index contributed by atoms with van der Waals surface area (Å²) in [6, 6.07) is 14.7. The third-order valence-electron chi connectivity index (χ3n) is 5.79. The van der Waals surface area contributed by atoms with E-state index in [0.29, 0.717) is 29.9 Å². The van der Waals surface area contributed by atoms with Gasteiger partial charge < -0.3 is 15.4 Å². The molecule has 1 aliphatic rings. The normalized spacial score (nSPS) is 14.4. The zero-order chi connectivity index (χ0) is 24.1. The van der Waals surface area contributed by atoms with Gasteiger partial charge in [-0.2, -0.15) is 18.2 Å². The average molecular weight is 471 g/mol. The average Bonchev–Trinajstić information content (AvgIpc) is 3.33. The van der Waals surface area contributed by atoms with Crippen molar-refractivity contribution in [3.63, 3.8) is 0 Å². The summed E-state index contributed by atoms with van der Waals surface area (Å²) in [6.07, 6.45) is 1.12. The third-order valence-corrected chi connectivity index (χ3v) is 5.79. The Kier molecular flexibility index (Phi) is 7.24. The lowest BCUT2D eigenvalue weighted by Crippen LogP contribution is -2.12. The summed E-state index contributed by atoms with van der Waals surface area (Å²) in [7, 11) is 0. The molecule has 0 bridgehead atoms. The van der Waals surface area contributed by atoms with E-state index in [1.165, 1.54) is 31.2 Å². The van der Waals surface area contributed by atoms with Gasteiger partial charge in [-0.15, -0.1) is 0 Å². The molecule has 0 spiro atoms. The summed E-state index contributed by atoms with van der Waals surface area (Å²) in [5.41, 5.74) is 1.54. The van der Waals surface area contributed by atoms with Gasteiger partial charge >= 0.3 is 6.18 Å². The summed E-state index contributed by atoms with van der Waals surface area (Å²) in [4.78, 5) is 8.02. The van der Waals surface area contributed by atoms with Gasteiger partial charge in [0.15, 0.2) is 0 Å². The minimum absolute atomic E-state index is 0.0843. The highest BCUT2D eigenvalue weighted by molar-refractivity contribution is 5.63. The zero-order valence-corrected chi connectivity index (χ0v) is 19.3. The minimum Gasteiger partial charge on any atom is -0.493 e. The van der Waals surface area contributed by atoms with E-state index in [2.05, 4.69) is 32.7 Å². The maximum Gasteiger partial charge on any atom is 0.421 e. The highest BCUT2D eigenvalue weighted by atomic mass is 19.4. The molecule has 0 saturated heterocycles. The molecule has 1 heterocycles. The van der Waals surface area contributed by atoms with Gasteiger partial charge in [-0.1, -0.05) is 38.8 Å². The molecule has 0 radical (unpaired) electrons. The second-order valence-electron chi connectivity index (χ2n) is 9.04. The van der Waals surface area contributed by atoms with Gasteiger partial charge in [0.25, 0.3) is 0 Å². The molecule has 2 N–H and O–H groups in total. The van der Waals surface area contributed by atoms with Gasteiger partial charge in [-0.3, -0.25) is 0 Å². The van der Waals surface area contributed by atoms with Crippen molar-refractivity contribution in [3.05, 3.63) is 65.9 Å². The molecule has 34 heavy (non-hydrogen) atoms. The zero-order valence-electron chi connectivity index (χ0n) is 19.3. The quantitative estimate of drug-likeness (QED) is 0.354. The molecule has 8 heteroatoms. The van der Waals surface area contributed by atoms with Crippen LogP contribution in [0.1, 0.15) is 56.6 Å². The molecule has 2 aromatic carbocycles. The molecule has 4 rings (SSSR count). The van der Waals surface area contributed by atoms with Crippen LogP contribution in [0.2, 0.25) is 0 Å². The summed E-state index contributed by atoms with van der Waals surface area (Å²) in [5.74, 6) is 1.39. The van der Waals surface area contributed by atoms with Crippen LogP contribution in [0, 0.1) is 5.92 Å². The van der Waals surface area contributed by atoms with Gasteiger partial charge in [0, 0.05) is 17.6 Å². The number of hydrogen-bond donors (Lipinski definition) is 2. The lowest BCUT2D eigenvalue weighted by atomic mass is 9.98. The number of nitrogens with zero attached hydrogens (tertiary/aromatic N) is 2. The van der Waals surface area contributed by atoms with E-state index < -0.39 is 11.7 Å². The predicted molar refractivity (Wildman–Crippen MR) is 128 cm³/mol. The van der Waals surface area contributed by atoms with E-state index in [4.69, 9.17) is 4.74 Å². The number of halogens is 3. The fourth-order valence-electron chi connectivity index (χ4n) is 4.01. The summed E-state index contributed by atoms with van der Waals surface area (Å²) in [5, 5.41) is 5.79. The molecule has 180 valence electrons. The Labute approximate surface area is 197 Å². The van der Waals surface area contributed by atoms with E-state index in [1.54, 1.807) is 24.3 Å². The van der Waals surface area contributed by atoms with Crippen molar-refractivity contribution in [3.8, 4) is 5.75 Å². The molecule has 1 saturated carbocycles. The van der Waals surface area contributed by atoms with E-state index in [-0.39, 0.29) is 11.8 Å². The van der Waals surface area contributed by atoms with E-state index in [9.17, 15) is 13.2 Å². The number of benzene rings is 2. The number of hydrogen-bond acceptors (Lipinski definition) is 5. The van der Waals surface area contributed by atoms with Crippen LogP contribution in [0.4, 0.5) is 36.3 Å². The maximum atomic E-state index is 13.6. The summed E-state index contributed by atoms with van der Waals surface area (Å²) >= 11 is 0. The van der Waals surface area contributed by atoms with Crippen LogP contribution in [-0.2, 0) is 6.18 Å². The van der Waals surface area contributed by atoms with E-state index in [1.807, 2.05) is 26.0 Å². The number of alkyl halides is 3. The van der Waals surface area contributed by atoms with Crippen LogP contribution in [0.25, 0.3) is 0 Å². The lowest BCUT2D eigenvalue weighted by Gasteiger charge is -2.16. The Morgan fingerprint density at radius 3 is 2.18 bits per heavy atom. The van der Waals surface area contributed by atoms with Crippen molar-refractivity contribution >= 4 is 23.1 Å². The van der Waals surface area contributed by atoms with Gasteiger partial charge in [-0.25, -0.2) is 4.98 Å². The van der Waals surface area contributed by atoms with Crippen molar-refractivity contribution in [1.29, 1.82) is 0 Å². The second kappa shape index (κ2) is 10.3. The molecule has 1 aromatic heterocycles. The predicted octanol–water partition coefficient (Wildman–Crippen LogP) is 7.68. The number of aromatic nitrogens is 2. The molecule has 1 aliphatic carbocycles. The molecule has 0 aliphatic heterocycles. The van der Waals surface area contributed by atoms with E-state index >= 15 is 0 Å². The monoisotopic (exact) mass is 470 g/mol. The standard InChI is InChI=1S/C26H29F3N4O/c1-17(2)16-34-22-13-11-20(12-14-22)31-24-23(26(27,28)29)15-30-25(33-24)32-21-9-7-19(8-10-21)18-5-3-4-6-18/h7-15,17-18H,3-6,16H2,1-2H3,(H2,30,31,32,33). The van der Waals surface area contributed by atoms with Crippen molar-refractivity contribution in [2.75, 3.05) is 17.2 Å². The number of rotatable bonds is 8. The fourth-order valence-corrected chi connectivity index (χ4v) is 4.01. The van der Waals surface area contributed by atoms with Crippen molar-refractivity contribution in [2.45, 2.75) is 51.6 Å². The Hall–Kier alpha value is -3.29. The Balaban J connectivity index is 1.51. The van der Waals surface area contributed by atoms with Crippen molar-refractivity contribution in [2.24, 2.45) is 5.92 Å². The molecular formula is C26H29F3N4O. The highest BCUT2D eigenvalue weighted by Crippen LogP contribution is 2.36. The van der Waals surface area contributed by atoms with Gasteiger partial charge in [0.2, 0.25) is 5.95 Å². The lowest BCUT2D eigenvalue weighted by molar-refractivity contribution is -0.137. The van der Waals surface area contributed by atoms with Crippen LogP contribution in [0.3, 0.4) is 0 Å². The summed E-state index contributed by atoms with van der Waals surface area (Å²) < 4.78 is 46.4. The second-order valence-corrected chi connectivity index (χ2v) is 9.04. The Morgan fingerprint density at radius 1 is 0.941 bits per heavy atom. The largest absolute Gasteiger partial charge is 0.493 e. The molecule has 0 unspecified atom stereocenters. The van der Waals surface area contributed by atoms with Crippen LogP contribution in [0.5, 0.6) is 5.75 Å². The van der Waals surface area contributed by atoms with Gasteiger partial charge in [0.1, 0.15) is 17.1 Å². The first-order chi connectivity index (χ1) is 16.3. The van der Waals surface area contributed by atoms with Crippen molar-refractivity contribution in [1.82, 2.24) is 9.97 Å². The summed E-state index contributed by atoms with van der Waals surface area (Å²) in [6.45, 7) is 4.65. The fraction of sp³-hybridized carbons (Fsp3) is 0.385. The molecule has 0 amide bonds. The first-order valence-electron chi connectivity index (χ1n) is 11.6. The Bertz CT molecular complexity index is 1080. The minimum atomic E-state index is -4.59.